The number of rotatable bonds is 4. The van der Waals surface area contributed by atoms with E-state index in [0.717, 1.165) is 43.8 Å². The summed E-state index contributed by atoms with van der Waals surface area (Å²) in [4.78, 5) is 18.5. The number of nitrogens with zero attached hydrogens (tertiary/aromatic N) is 2. The van der Waals surface area contributed by atoms with Gasteiger partial charge < -0.3 is 19.7 Å². The molecular weight excluding hydrogens is 350 g/mol. The molecule has 1 aromatic carbocycles. The molecule has 1 spiro atoms. The van der Waals surface area contributed by atoms with E-state index in [4.69, 9.17) is 9.47 Å². The van der Waals surface area contributed by atoms with Crippen LogP contribution in [0.1, 0.15) is 29.8 Å². The number of thiazole rings is 1. The van der Waals surface area contributed by atoms with E-state index in [1.165, 1.54) is 11.3 Å². The summed E-state index contributed by atoms with van der Waals surface area (Å²) < 4.78 is 11.5. The second kappa shape index (κ2) is 7.25. The highest BCUT2D eigenvalue weighted by molar-refractivity contribution is 7.07. The standard InChI is InChI=1S/C19H23N3O3S/c1-24-16-4-2-3-14(9-16)21-15-10-19(25-11-15)5-7-22(8-6-19)18(23)17-12-26-13-20-17/h2-4,9,12-13,15,21H,5-8,10-11H2,1H3/t15-/m1/s1. The van der Waals surface area contributed by atoms with Crippen LogP contribution in [0.5, 0.6) is 5.75 Å². The van der Waals surface area contributed by atoms with Gasteiger partial charge in [0.25, 0.3) is 5.91 Å². The van der Waals surface area contributed by atoms with Gasteiger partial charge in [-0.15, -0.1) is 11.3 Å². The van der Waals surface area contributed by atoms with Crippen molar-refractivity contribution in [2.75, 3.05) is 32.1 Å². The summed E-state index contributed by atoms with van der Waals surface area (Å²) in [7, 11) is 1.67. The van der Waals surface area contributed by atoms with Gasteiger partial charge in [0, 0.05) is 30.2 Å². The first-order chi connectivity index (χ1) is 12.7. The molecule has 0 aliphatic carbocycles. The number of methoxy groups -OCH3 is 1. The largest absolute Gasteiger partial charge is 0.497 e. The number of hydrogen-bond acceptors (Lipinski definition) is 6. The third-order valence-electron chi connectivity index (χ3n) is 5.26. The average molecular weight is 373 g/mol. The maximum atomic E-state index is 12.4. The van der Waals surface area contributed by atoms with Gasteiger partial charge in [-0.1, -0.05) is 6.07 Å². The third kappa shape index (κ3) is 3.54. The Bertz CT molecular complexity index is 757. The Morgan fingerprint density at radius 2 is 2.27 bits per heavy atom. The summed E-state index contributed by atoms with van der Waals surface area (Å²) in [5.41, 5.74) is 3.19. The summed E-state index contributed by atoms with van der Waals surface area (Å²) in [5.74, 6) is 0.877. The summed E-state index contributed by atoms with van der Waals surface area (Å²) in [6.07, 6.45) is 2.71. The number of hydrogen-bond donors (Lipinski definition) is 1. The maximum Gasteiger partial charge on any atom is 0.273 e. The van der Waals surface area contributed by atoms with E-state index >= 15 is 0 Å². The Balaban J connectivity index is 1.33. The number of carbonyl (C=O) groups excluding carboxylic acids is 1. The minimum atomic E-state index is -0.116. The zero-order valence-electron chi connectivity index (χ0n) is 14.8. The van der Waals surface area contributed by atoms with E-state index < -0.39 is 0 Å². The molecule has 1 atom stereocenters. The van der Waals surface area contributed by atoms with Crippen molar-refractivity contribution >= 4 is 22.9 Å². The molecule has 0 unspecified atom stereocenters. The highest BCUT2D eigenvalue weighted by atomic mass is 32.1. The highest BCUT2D eigenvalue weighted by Gasteiger charge is 2.43. The summed E-state index contributed by atoms with van der Waals surface area (Å²) in [6, 6.07) is 8.24. The topological polar surface area (TPSA) is 63.7 Å². The summed E-state index contributed by atoms with van der Waals surface area (Å²) in [6.45, 7) is 2.14. The van der Waals surface area contributed by atoms with E-state index in [1.54, 1.807) is 12.6 Å². The van der Waals surface area contributed by atoms with Crippen LogP contribution in [0, 0.1) is 0 Å². The number of anilines is 1. The molecule has 2 aliphatic rings. The molecule has 0 bridgehead atoms. The normalized spacial score (nSPS) is 21.7. The van der Waals surface area contributed by atoms with Crippen LogP contribution >= 0.6 is 11.3 Å². The number of likely N-dealkylation sites (tertiary alicyclic amines) is 1. The number of nitrogens with one attached hydrogen (secondary N) is 1. The minimum Gasteiger partial charge on any atom is -0.497 e. The van der Waals surface area contributed by atoms with Crippen LogP contribution in [0.4, 0.5) is 5.69 Å². The fourth-order valence-corrected chi connectivity index (χ4v) is 4.36. The zero-order chi connectivity index (χ0) is 18.0. The Kier molecular flexibility index (Phi) is 4.82. The van der Waals surface area contributed by atoms with Crippen LogP contribution in [0.25, 0.3) is 0 Å². The Labute approximate surface area is 157 Å². The monoisotopic (exact) mass is 373 g/mol. The first-order valence-electron chi connectivity index (χ1n) is 8.89. The van der Waals surface area contributed by atoms with Crippen LogP contribution < -0.4 is 10.1 Å². The quantitative estimate of drug-likeness (QED) is 0.893. The molecule has 0 saturated carbocycles. The number of piperidine rings is 1. The van der Waals surface area contributed by atoms with Gasteiger partial charge in [0.05, 0.1) is 30.9 Å². The molecule has 2 aliphatic heterocycles. The molecule has 7 heteroatoms. The van der Waals surface area contributed by atoms with E-state index in [1.807, 2.05) is 34.5 Å². The van der Waals surface area contributed by atoms with Crippen molar-refractivity contribution < 1.29 is 14.3 Å². The molecule has 26 heavy (non-hydrogen) atoms. The van der Waals surface area contributed by atoms with Gasteiger partial charge in [-0.25, -0.2) is 4.98 Å². The van der Waals surface area contributed by atoms with Crippen molar-refractivity contribution in [2.24, 2.45) is 0 Å². The number of benzene rings is 1. The van der Waals surface area contributed by atoms with E-state index in [2.05, 4.69) is 10.3 Å². The van der Waals surface area contributed by atoms with Crippen LogP contribution in [0.2, 0.25) is 0 Å². The molecule has 6 nitrogen and oxygen atoms in total. The van der Waals surface area contributed by atoms with Gasteiger partial charge in [-0.2, -0.15) is 0 Å². The number of carbonyl (C=O) groups is 1. The fourth-order valence-electron chi connectivity index (χ4n) is 3.83. The lowest BCUT2D eigenvalue weighted by atomic mass is 9.87. The molecule has 4 rings (SSSR count). The lowest BCUT2D eigenvalue weighted by molar-refractivity contribution is -0.0388. The Morgan fingerprint density at radius 1 is 1.42 bits per heavy atom. The smallest absolute Gasteiger partial charge is 0.273 e. The molecular formula is C19H23N3O3S. The average Bonchev–Trinajstić information content (AvgIpc) is 3.33. The second-order valence-electron chi connectivity index (χ2n) is 6.94. The molecule has 0 radical (unpaired) electrons. The molecule has 2 aromatic rings. The Hall–Kier alpha value is -2.12. The molecule has 2 fully saturated rings. The zero-order valence-corrected chi connectivity index (χ0v) is 15.6. The maximum absolute atomic E-state index is 12.4. The van der Waals surface area contributed by atoms with Crippen molar-refractivity contribution in [1.82, 2.24) is 9.88 Å². The van der Waals surface area contributed by atoms with Gasteiger partial charge >= 0.3 is 0 Å². The van der Waals surface area contributed by atoms with Crippen LogP contribution in [0.3, 0.4) is 0 Å². The van der Waals surface area contributed by atoms with Crippen molar-refractivity contribution in [2.45, 2.75) is 30.9 Å². The van der Waals surface area contributed by atoms with Crippen LogP contribution in [0.15, 0.2) is 35.2 Å². The number of ether oxygens (including phenoxy) is 2. The van der Waals surface area contributed by atoms with E-state index in [0.29, 0.717) is 12.3 Å². The van der Waals surface area contributed by atoms with Gasteiger partial charge in [0.15, 0.2) is 0 Å². The van der Waals surface area contributed by atoms with Gasteiger partial charge in [-0.05, 0) is 31.4 Å². The lowest BCUT2D eigenvalue weighted by Gasteiger charge is -2.38. The van der Waals surface area contributed by atoms with Crippen molar-refractivity contribution in [3.05, 3.63) is 40.8 Å². The first-order valence-corrected chi connectivity index (χ1v) is 9.84. The van der Waals surface area contributed by atoms with Crippen LogP contribution in [-0.2, 0) is 4.74 Å². The van der Waals surface area contributed by atoms with Gasteiger partial charge in [0.2, 0.25) is 0 Å². The first kappa shape index (κ1) is 17.3. The third-order valence-corrected chi connectivity index (χ3v) is 5.85. The van der Waals surface area contributed by atoms with E-state index in [9.17, 15) is 4.79 Å². The number of amides is 1. The van der Waals surface area contributed by atoms with Gasteiger partial charge in [-0.3, -0.25) is 4.79 Å². The SMILES string of the molecule is COc1cccc(N[C@H]2COC3(CCN(C(=O)c4cscn4)CC3)C2)c1. The second-order valence-corrected chi connectivity index (χ2v) is 7.66. The molecule has 1 aromatic heterocycles. The predicted molar refractivity (Wildman–Crippen MR) is 101 cm³/mol. The van der Waals surface area contributed by atoms with Crippen molar-refractivity contribution in [3.63, 3.8) is 0 Å². The van der Waals surface area contributed by atoms with Crippen LogP contribution in [-0.4, -0.2) is 54.2 Å². The molecule has 138 valence electrons. The molecule has 1 N–H and O–H groups in total. The summed E-state index contributed by atoms with van der Waals surface area (Å²) >= 11 is 1.45. The fraction of sp³-hybridized carbons (Fsp3) is 0.474. The molecule has 2 saturated heterocycles. The molecule has 1 amide bonds. The van der Waals surface area contributed by atoms with Crippen molar-refractivity contribution in [1.29, 1.82) is 0 Å². The summed E-state index contributed by atoms with van der Waals surface area (Å²) in [5, 5.41) is 5.36. The van der Waals surface area contributed by atoms with Gasteiger partial charge in [0.1, 0.15) is 11.4 Å². The highest BCUT2D eigenvalue weighted by Crippen LogP contribution is 2.37. The minimum absolute atomic E-state index is 0.0325. The van der Waals surface area contributed by atoms with E-state index in [-0.39, 0.29) is 17.6 Å². The number of aromatic nitrogens is 1. The molecule has 3 heterocycles. The predicted octanol–water partition coefficient (Wildman–Crippen LogP) is 3.03. The Morgan fingerprint density at radius 3 is 3.00 bits per heavy atom. The lowest BCUT2D eigenvalue weighted by Crippen LogP contribution is -2.46. The van der Waals surface area contributed by atoms with Crippen molar-refractivity contribution in [3.8, 4) is 5.75 Å².